The summed E-state index contributed by atoms with van der Waals surface area (Å²) in [7, 11) is -1.63. The molecule has 3 aromatic rings. The van der Waals surface area contributed by atoms with Crippen LogP contribution in [0.4, 0.5) is 5.69 Å². The van der Waals surface area contributed by atoms with Crippen LogP contribution in [-0.2, 0) is 16.6 Å². The van der Waals surface area contributed by atoms with E-state index in [9.17, 15) is 13.2 Å². The molecule has 0 aliphatic carbocycles. The standard InChI is InChI=1S/C22H24N4O4S/c1-16-5-7-17(8-6-16)21-23-20(30-24-21)15-25(2)22(27)18-9-11-19(12-10-18)26-13-3-4-14-31(26,28)29/h5-12H,3-4,13-15H2,1-2H3. The van der Waals surface area contributed by atoms with E-state index < -0.39 is 10.0 Å². The molecule has 2 heterocycles. The Bertz CT molecular complexity index is 1170. The third-order valence-corrected chi connectivity index (χ3v) is 7.12. The Kier molecular flexibility index (Phi) is 5.77. The van der Waals surface area contributed by atoms with Crippen molar-refractivity contribution in [3.8, 4) is 11.4 Å². The summed E-state index contributed by atoms with van der Waals surface area (Å²) in [6, 6.07) is 14.4. The van der Waals surface area contributed by atoms with Gasteiger partial charge in [0.2, 0.25) is 21.7 Å². The first-order valence-corrected chi connectivity index (χ1v) is 11.7. The van der Waals surface area contributed by atoms with Crippen LogP contribution in [0.5, 0.6) is 0 Å². The normalized spacial score (nSPS) is 15.6. The van der Waals surface area contributed by atoms with Gasteiger partial charge in [-0.25, -0.2) is 8.42 Å². The molecule has 0 radical (unpaired) electrons. The molecule has 1 saturated heterocycles. The third kappa shape index (κ3) is 4.61. The van der Waals surface area contributed by atoms with Crippen LogP contribution in [0.3, 0.4) is 0 Å². The second-order valence-electron chi connectivity index (χ2n) is 7.68. The van der Waals surface area contributed by atoms with Gasteiger partial charge in [0, 0.05) is 24.7 Å². The summed E-state index contributed by atoms with van der Waals surface area (Å²) >= 11 is 0. The van der Waals surface area contributed by atoms with Crippen molar-refractivity contribution >= 4 is 21.6 Å². The lowest BCUT2D eigenvalue weighted by molar-refractivity contribution is 0.0769. The number of nitrogens with zero attached hydrogens (tertiary/aromatic N) is 4. The van der Waals surface area contributed by atoms with Crippen LogP contribution in [0.25, 0.3) is 11.4 Å². The fourth-order valence-corrected chi connectivity index (χ4v) is 5.12. The summed E-state index contributed by atoms with van der Waals surface area (Å²) in [4.78, 5) is 18.6. The number of anilines is 1. The fraction of sp³-hybridized carbons (Fsp3) is 0.318. The Morgan fingerprint density at radius 1 is 1.10 bits per heavy atom. The van der Waals surface area contributed by atoms with E-state index in [-0.39, 0.29) is 18.2 Å². The minimum Gasteiger partial charge on any atom is -0.337 e. The van der Waals surface area contributed by atoms with Crippen molar-refractivity contribution in [3.63, 3.8) is 0 Å². The van der Waals surface area contributed by atoms with Gasteiger partial charge in [0.05, 0.1) is 18.0 Å². The van der Waals surface area contributed by atoms with E-state index in [0.717, 1.165) is 17.5 Å². The Hall–Kier alpha value is -3.20. The van der Waals surface area contributed by atoms with Crippen LogP contribution in [0.1, 0.15) is 34.7 Å². The molecule has 31 heavy (non-hydrogen) atoms. The lowest BCUT2D eigenvalue weighted by Crippen LogP contribution is -2.37. The molecule has 0 spiro atoms. The molecule has 0 unspecified atom stereocenters. The van der Waals surface area contributed by atoms with Gasteiger partial charge in [-0.05, 0) is 44.0 Å². The number of aromatic nitrogens is 2. The zero-order valence-electron chi connectivity index (χ0n) is 17.5. The Labute approximate surface area is 181 Å². The molecule has 0 bridgehead atoms. The highest BCUT2D eigenvalue weighted by Gasteiger charge is 2.26. The molecule has 0 saturated carbocycles. The van der Waals surface area contributed by atoms with Crippen molar-refractivity contribution in [2.75, 3.05) is 23.7 Å². The summed E-state index contributed by atoms with van der Waals surface area (Å²) in [5, 5.41) is 3.99. The predicted molar refractivity (Wildman–Crippen MR) is 117 cm³/mol. The Morgan fingerprint density at radius 3 is 2.48 bits per heavy atom. The van der Waals surface area contributed by atoms with Gasteiger partial charge in [0.25, 0.3) is 5.91 Å². The number of benzene rings is 2. The van der Waals surface area contributed by atoms with E-state index in [0.29, 0.717) is 35.9 Å². The summed E-state index contributed by atoms with van der Waals surface area (Å²) in [6.07, 6.45) is 1.51. The predicted octanol–water partition coefficient (Wildman–Crippen LogP) is 3.25. The molecule has 1 fully saturated rings. The maximum Gasteiger partial charge on any atom is 0.254 e. The molecule has 8 nitrogen and oxygen atoms in total. The van der Waals surface area contributed by atoms with E-state index in [1.54, 1.807) is 31.3 Å². The number of hydrogen-bond acceptors (Lipinski definition) is 6. The molecule has 0 atom stereocenters. The maximum atomic E-state index is 12.8. The van der Waals surface area contributed by atoms with E-state index >= 15 is 0 Å². The van der Waals surface area contributed by atoms with Gasteiger partial charge in [0.15, 0.2) is 0 Å². The number of rotatable bonds is 5. The molecule has 0 N–H and O–H groups in total. The zero-order valence-corrected chi connectivity index (χ0v) is 18.3. The number of aryl methyl sites for hydroxylation is 1. The van der Waals surface area contributed by atoms with Crippen LogP contribution >= 0.6 is 0 Å². The summed E-state index contributed by atoms with van der Waals surface area (Å²) in [5.41, 5.74) is 3.03. The highest BCUT2D eigenvalue weighted by Crippen LogP contribution is 2.24. The number of sulfonamides is 1. The highest BCUT2D eigenvalue weighted by molar-refractivity contribution is 7.92. The van der Waals surface area contributed by atoms with Crippen molar-refractivity contribution in [2.45, 2.75) is 26.3 Å². The van der Waals surface area contributed by atoms with E-state index in [1.807, 2.05) is 31.2 Å². The first-order valence-electron chi connectivity index (χ1n) is 10.1. The number of amides is 1. The maximum absolute atomic E-state index is 12.8. The average Bonchev–Trinajstić information content (AvgIpc) is 3.22. The van der Waals surface area contributed by atoms with Crippen LogP contribution in [-0.4, -0.2) is 48.7 Å². The number of carbonyl (C=O) groups excluding carboxylic acids is 1. The Morgan fingerprint density at radius 2 is 1.81 bits per heavy atom. The Balaban J connectivity index is 1.43. The van der Waals surface area contributed by atoms with E-state index in [1.165, 1.54) is 9.21 Å². The van der Waals surface area contributed by atoms with Crippen LogP contribution in [0.15, 0.2) is 53.1 Å². The van der Waals surface area contributed by atoms with Crippen molar-refractivity contribution in [3.05, 3.63) is 65.5 Å². The van der Waals surface area contributed by atoms with Gasteiger partial charge in [-0.15, -0.1) is 0 Å². The molecule has 1 aromatic heterocycles. The molecular weight excluding hydrogens is 416 g/mol. The lowest BCUT2D eigenvalue weighted by atomic mass is 10.1. The first-order chi connectivity index (χ1) is 14.8. The molecule has 162 valence electrons. The van der Waals surface area contributed by atoms with Crippen LogP contribution in [0.2, 0.25) is 0 Å². The topological polar surface area (TPSA) is 96.6 Å². The molecular formula is C22H24N4O4S. The van der Waals surface area contributed by atoms with Crippen LogP contribution in [0, 0.1) is 6.92 Å². The monoisotopic (exact) mass is 440 g/mol. The average molecular weight is 441 g/mol. The van der Waals surface area contributed by atoms with Gasteiger partial charge in [-0.1, -0.05) is 35.0 Å². The van der Waals surface area contributed by atoms with Gasteiger partial charge in [-0.2, -0.15) is 4.98 Å². The summed E-state index contributed by atoms with van der Waals surface area (Å²) < 4.78 is 31.2. The van der Waals surface area contributed by atoms with E-state index in [2.05, 4.69) is 10.1 Å². The highest BCUT2D eigenvalue weighted by atomic mass is 32.2. The molecule has 4 rings (SSSR count). The SMILES string of the molecule is Cc1ccc(-c2noc(CN(C)C(=O)c3ccc(N4CCCCS4(=O)=O)cc3)n2)cc1. The van der Waals surface area contributed by atoms with Crippen molar-refractivity contribution in [1.29, 1.82) is 0 Å². The largest absolute Gasteiger partial charge is 0.337 e. The second-order valence-corrected chi connectivity index (χ2v) is 9.69. The van der Waals surface area contributed by atoms with Crippen LogP contribution < -0.4 is 4.31 Å². The molecule has 1 aliphatic heterocycles. The van der Waals surface area contributed by atoms with E-state index in [4.69, 9.17) is 4.52 Å². The fourth-order valence-electron chi connectivity index (χ4n) is 3.48. The molecule has 9 heteroatoms. The van der Waals surface area contributed by atoms with Crippen molar-refractivity contribution < 1.29 is 17.7 Å². The van der Waals surface area contributed by atoms with Crippen molar-refractivity contribution in [1.82, 2.24) is 15.0 Å². The minimum atomic E-state index is -3.28. The number of carbonyl (C=O) groups is 1. The number of hydrogen-bond donors (Lipinski definition) is 0. The summed E-state index contributed by atoms with van der Waals surface area (Å²) in [5.74, 6) is 0.749. The minimum absolute atomic E-state index is 0.158. The second kappa shape index (κ2) is 8.50. The molecule has 1 amide bonds. The third-order valence-electron chi connectivity index (χ3n) is 5.25. The van der Waals surface area contributed by atoms with Gasteiger partial charge >= 0.3 is 0 Å². The van der Waals surface area contributed by atoms with Crippen molar-refractivity contribution in [2.24, 2.45) is 0 Å². The van der Waals surface area contributed by atoms with Gasteiger partial charge in [-0.3, -0.25) is 9.10 Å². The van der Waals surface area contributed by atoms with Gasteiger partial charge in [0.1, 0.15) is 0 Å². The smallest absolute Gasteiger partial charge is 0.254 e. The molecule has 2 aromatic carbocycles. The lowest BCUT2D eigenvalue weighted by Gasteiger charge is -2.28. The molecule has 1 aliphatic rings. The summed E-state index contributed by atoms with van der Waals surface area (Å²) in [6.45, 7) is 2.64. The first kappa shape index (κ1) is 21.0. The van der Waals surface area contributed by atoms with Gasteiger partial charge < -0.3 is 9.42 Å². The quantitative estimate of drug-likeness (QED) is 0.604. The zero-order chi connectivity index (χ0) is 22.0.